The molecule has 0 unspecified atom stereocenters. The first-order chi connectivity index (χ1) is 8.06. The molecule has 1 aromatic carbocycles. The molecule has 0 spiro atoms. The molecule has 1 aliphatic rings. The van der Waals surface area contributed by atoms with Crippen molar-refractivity contribution in [3.63, 3.8) is 0 Å². The second-order valence-corrected chi connectivity index (χ2v) is 5.79. The SMILES string of the molecule is Cc1ccc(C2(C(=O)O)CCCCC2)c(Br)c1. The van der Waals surface area contributed by atoms with E-state index in [1.165, 1.54) is 0 Å². The van der Waals surface area contributed by atoms with Gasteiger partial charge in [0, 0.05) is 4.47 Å². The third-order valence-electron chi connectivity index (χ3n) is 3.76. The van der Waals surface area contributed by atoms with Crippen LogP contribution in [0.5, 0.6) is 0 Å². The average molecular weight is 297 g/mol. The molecule has 1 saturated carbocycles. The fourth-order valence-electron chi connectivity index (χ4n) is 2.76. The van der Waals surface area contributed by atoms with Crippen LogP contribution in [-0.2, 0) is 10.2 Å². The molecule has 2 rings (SSSR count). The fraction of sp³-hybridized carbons (Fsp3) is 0.500. The van der Waals surface area contributed by atoms with E-state index in [-0.39, 0.29) is 0 Å². The summed E-state index contributed by atoms with van der Waals surface area (Å²) in [5.41, 5.74) is 1.41. The van der Waals surface area contributed by atoms with Crippen LogP contribution in [0.25, 0.3) is 0 Å². The molecule has 1 aromatic rings. The molecule has 1 fully saturated rings. The Morgan fingerprint density at radius 2 is 1.94 bits per heavy atom. The van der Waals surface area contributed by atoms with E-state index in [0.717, 1.165) is 47.7 Å². The van der Waals surface area contributed by atoms with E-state index >= 15 is 0 Å². The van der Waals surface area contributed by atoms with Crippen molar-refractivity contribution in [2.24, 2.45) is 0 Å². The van der Waals surface area contributed by atoms with Gasteiger partial charge < -0.3 is 5.11 Å². The fourth-order valence-corrected chi connectivity index (χ4v) is 3.63. The van der Waals surface area contributed by atoms with Crippen molar-refractivity contribution >= 4 is 21.9 Å². The molecule has 0 heterocycles. The number of halogens is 1. The van der Waals surface area contributed by atoms with E-state index in [0.29, 0.717) is 0 Å². The lowest BCUT2D eigenvalue weighted by Gasteiger charge is -2.34. The lowest BCUT2D eigenvalue weighted by atomic mass is 9.69. The van der Waals surface area contributed by atoms with Crippen LogP contribution in [0, 0.1) is 6.92 Å². The monoisotopic (exact) mass is 296 g/mol. The molecule has 0 bridgehead atoms. The Balaban J connectivity index is 2.49. The van der Waals surface area contributed by atoms with Gasteiger partial charge in [-0.05, 0) is 37.0 Å². The predicted molar refractivity (Wildman–Crippen MR) is 71.3 cm³/mol. The minimum Gasteiger partial charge on any atom is -0.481 e. The van der Waals surface area contributed by atoms with E-state index in [1.807, 2.05) is 25.1 Å². The van der Waals surface area contributed by atoms with Crippen LogP contribution in [-0.4, -0.2) is 11.1 Å². The molecular formula is C14H17BrO2. The van der Waals surface area contributed by atoms with Crippen molar-refractivity contribution in [1.29, 1.82) is 0 Å². The van der Waals surface area contributed by atoms with Gasteiger partial charge in [-0.1, -0.05) is 47.3 Å². The Labute approximate surface area is 110 Å². The van der Waals surface area contributed by atoms with Crippen LogP contribution in [0.3, 0.4) is 0 Å². The van der Waals surface area contributed by atoms with E-state index < -0.39 is 11.4 Å². The number of benzene rings is 1. The van der Waals surface area contributed by atoms with Crippen molar-refractivity contribution < 1.29 is 9.90 Å². The molecular weight excluding hydrogens is 280 g/mol. The molecule has 1 aliphatic carbocycles. The zero-order valence-electron chi connectivity index (χ0n) is 10.0. The topological polar surface area (TPSA) is 37.3 Å². The summed E-state index contributed by atoms with van der Waals surface area (Å²) >= 11 is 3.52. The van der Waals surface area contributed by atoms with Gasteiger partial charge in [-0.15, -0.1) is 0 Å². The normalized spacial score (nSPS) is 18.9. The summed E-state index contributed by atoms with van der Waals surface area (Å²) < 4.78 is 0.932. The smallest absolute Gasteiger partial charge is 0.314 e. The zero-order valence-corrected chi connectivity index (χ0v) is 11.6. The first-order valence-corrected chi connectivity index (χ1v) is 6.85. The van der Waals surface area contributed by atoms with Crippen molar-refractivity contribution in [3.05, 3.63) is 33.8 Å². The maximum atomic E-state index is 11.7. The molecule has 0 radical (unpaired) electrons. The summed E-state index contributed by atoms with van der Waals surface area (Å²) in [6.07, 6.45) is 4.67. The van der Waals surface area contributed by atoms with Crippen molar-refractivity contribution in [2.75, 3.05) is 0 Å². The van der Waals surface area contributed by atoms with Gasteiger partial charge in [-0.2, -0.15) is 0 Å². The molecule has 92 valence electrons. The summed E-state index contributed by atoms with van der Waals surface area (Å²) in [4.78, 5) is 11.7. The lowest BCUT2D eigenvalue weighted by Crippen LogP contribution is -2.38. The van der Waals surface area contributed by atoms with Gasteiger partial charge in [0.15, 0.2) is 0 Å². The van der Waals surface area contributed by atoms with Gasteiger partial charge in [0.1, 0.15) is 0 Å². The number of carboxylic acid groups (broad SMARTS) is 1. The van der Waals surface area contributed by atoms with E-state index in [4.69, 9.17) is 0 Å². The van der Waals surface area contributed by atoms with Gasteiger partial charge >= 0.3 is 5.97 Å². The van der Waals surface area contributed by atoms with Crippen molar-refractivity contribution in [3.8, 4) is 0 Å². The number of hydrogen-bond donors (Lipinski definition) is 1. The Morgan fingerprint density at radius 1 is 1.29 bits per heavy atom. The van der Waals surface area contributed by atoms with Gasteiger partial charge in [0.25, 0.3) is 0 Å². The Bertz CT molecular complexity index is 434. The Hall–Kier alpha value is -0.830. The average Bonchev–Trinajstić information content (AvgIpc) is 2.29. The first-order valence-electron chi connectivity index (χ1n) is 6.06. The second kappa shape index (κ2) is 4.81. The maximum absolute atomic E-state index is 11.7. The van der Waals surface area contributed by atoms with Gasteiger partial charge in [0.2, 0.25) is 0 Å². The van der Waals surface area contributed by atoms with Crippen LogP contribution in [0.2, 0.25) is 0 Å². The van der Waals surface area contributed by atoms with Crippen molar-refractivity contribution in [1.82, 2.24) is 0 Å². The minimum atomic E-state index is -0.679. The standard InChI is InChI=1S/C14H17BrO2/c1-10-5-6-11(12(15)9-10)14(13(16)17)7-3-2-4-8-14/h5-6,9H,2-4,7-8H2,1H3,(H,16,17). The quantitative estimate of drug-likeness (QED) is 0.894. The Morgan fingerprint density at radius 3 is 2.47 bits per heavy atom. The highest BCUT2D eigenvalue weighted by Gasteiger charge is 2.42. The number of rotatable bonds is 2. The molecule has 1 N–H and O–H groups in total. The highest BCUT2D eigenvalue weighted by atomic mass is 79.9. The molecule has 0 aliphatic heterocycles. The number of aliphatic carboxylic acids is 1. The van der Waals surface area contributed by atoms with Crippen molar-refractivity contribution in [2.45, 2.75) is 44.4 Å². The molecule has 0 saturated heterocycles. The highest BCUT2D eigenvalue weighted by Crippen LogP contribution is 2.42. The van der Waals surface area contributed by atoms with Gasteiger partial charge in [-0.25, -0.2) is 0 Å². The van der Waals surface area contributed by atoms with Gasteiger partial charge in [-0.3, -0.25) is 4.79 Å². The van der Waals surface area contributed by atoms with Crippen LogP contribution >= 0.6 is 15.9 Å². The predicted octanol–water partition coefficient (Wildman–Crippen LogP) is 4.04. The maximum Gasteiger partial charge on any atom is 0.314 e. The molecule has 2 nitrogen and oxygen atoms in total. The lowest BCUT2D eigenvalue weighted by molar-refractivity contribution is -0.145. The third-order valence-corrected chi connectivity index (χ3v) is 4.41. The van der Waals surface area contributed by atoms with Crippen LogP contribution in [0.1, 0.15) is 43.2 Å². The minimum absolute atomic E-state index is 0.676. The summed E-state index contributed by atoms with van der Waals surface area (Å²) in [6.45, 7) is 2.02. The molecule has 0 amide bonds. The second-order valence-electron chi connectivity index (χ2n) is 4.93. The van der Waals surface area contributed by atoms with Crippen LogP contribution in [0.15, 0.2) is 22.7 Å². The number of carbonyl (C=O) groups is 1. The molecule has 3 heteroatoms. The number of hydrogen-bond acceptors (Lipinski definition) is 1. The van der Waals surface area contributed by atoms with Crippen LogP contribution in [0.4, 0.5) is 0 Å². The number of carboxylic acids is 1. The third kappa shape index (κ3) is 2.25. The highest BCUT2D eigenvalue weighted by molar-refractivity contribution is 9.10. The summed E-state index contributed by atoms with van der Waals surface area (Å²) in [6, 6.07) is 5.98. The van der Waals surface area contributed by atoms with Gasteiger partial charge in [0.05, 0.1) is 5.41 Å². The van der Waals surface area contributed by atoms with E-state index in [2.05, 4.69) is 15.9 Å². The first kappa shape index (κ1) is 12.6. The summed E-state index contributed by atoms with van der Waals surface area (Å²) in [5.74, 6) is -0.679. The molecule has 17 heavy (non-hydrogen) atoms. The van der Waals surface area contributed by atoms with E-state index in [9.17, 15) is 9.90 Å². The van der Waals surface area contributed by atoms with Crippen LogP contribution < -0.4 is 0 Å². The Kier molecular flexibility index (Phi) is 3.57. The molecule has 0 atom stereocenters. The van der Waals surface area contributed by atoms with E-state index in [1.54, 1.807) is 0 Å². The largest absolute Gasteiger partial charge is 0.481 e. The number of aryl methyl sites for hydroxylation is 1. The zero-order chi connectivity index (χ0) is 12.5. The summed E-state index contributed by atoms with van der Waals surface area (Å²) in [7, 11) is 0. The molecule has 0 aromatic heterocycles. The summed E-state index contributed by atoms with van der Waals surface area (Å²) in [5, 5.41) is 9.62.